The molecular formula is C69H71N7O19. The Hall–Kier alpha value is -10.3. The highest BCUT2D eigenvalue weighted by Crippen LogP contribution is 2.65. The summed E-state index contributed by atoms with van der Waals surface area (Å²) in [7, 11) is 0. The van der Waals surface area contributed by atoms with Gasteiger partial charge in [0, 0.05) is 67.1 Å². The molecule has 10 rings (SSSR count). The molecule has 4 aliphatic rings. The van der Waals surface area contributed by atoms with E-state index in [9.17, 15) is 53.7 Å². The number of aliphatic hydroxyl groups is 3. The minimum Gasteiger partial charge on any atom is -0.487 e. The lowest BCUT2D eigenvalue weighted by atomic mass is 9.44. The number of aliphatic hydroxyl groups excluding tert-OH is 2. The van der Waals surface area contributed by atoms with Crippen molar-refractivity contribution < 1.29 is 91.6 Å². The van der Waals surface area contributed by atoms with Gasteiger partial charge in [-0.25, -0.2) is 9.59 Å². The molecule has 26 heteroatoms. The van der Waals surface area contributed by atoms with Gasteiger partial charge in [-0.15, -0.1) is 15.0 Å². The van der Waals surface area contributed by atoms with Crippen LogP contribution in [-0.2, 0) is 57.2 Å². The van der Waals surface area contributed by atoms with Crippen LogP contribution in [0.4, 0.5) is 5.69 Å². The lowest BCUT2D eigenvalue weighted by Crippen LogP contribution is -2.82. The van der Waals surface area contributed by atoms with Crippen molar-refractivity contribution in [3.05, 3.63) is 180 Å². The number of ether oxygens (including phenoxy) is 7. The van der Waals surface area contributed by atoms with E-state index in [2.05, 4.69) is 37.9 Å². The third-order valence-corrected chi connectivity index (χ3v) is 18.1. The molecule has 2 bridgehead atoms. The molecule has 3 amide bonds. The van der Waals surface area contributed by atoms with E-state index in [4.69, 9.17) is 33.2 Å². The number of carbonyl (C=O) groups excluding carboxylic acids is 9. The van der Waals surface area contributed by atoms with Crippen molar-refractivity contribution >= 4 is 59.0 Å². The predicted octanol–water partition coefficient (Wildman–Crippen LogP) is 5.25. The number of hydrogen-bond donors (Lipinski definition) is 6. The number of esters is 5. The molecule has 2 heterocycles. The van der Waals surface area contributed by atoms with Gasteiger partial charge in [-0.1, -0.05) is 105 Å². The van der Waals surface area contributed by atoms with E-state index in [1.165, 1.54) is 68.9 Å². The maximum absolute atomic E-state index is 16.5. The molecule has 3 aliphatic carbocycles. The number of amides is 3. The lowest BCUT2D eigenvalue weighted by molar-refractivity contribution is -0.346. The van der Waals surface area contributed by atoms with Gasteiger partial charge in [0.2, 0.25) is 11.7 Å². The highest BCUT2D eigenvalue weighted by Gasteiger charge is 2.79. The Labute approximate surface area is 544 Å². The van der Waals surface area contributed by atoms with Crippen LogP contribution in [0, 0.1) is 16.7 Å². The minimum absolute atomic E-state index is 0.0140. The van der Waals surface area contributed by atoms with Crippen molar-refractivity contribution in [2.45, 2.75) is 115 Å². The maximum Gasteiger partial charge on any atom is 0.338 e. The van der Waals surface area contributed by atoms with Crippen molar-refractivity contribution in [1.82, 2.24) is 30.8 Å². The van der Waals surface area contributed by atoms with Crippen molar-refractivity contribution in [2.24, 2.45) is 16.7 Å². The Kier molecular flexibility index (Phi) is 19.7. The molecule has 95 heavy (non-hydrogen) atoms. The first kappa shape index (κ1) is 67.6. The molecule has 6 N–H and O–H groups in total. The molecule has 26 nitrogen and oxygen atoms in total. The van der Waals surface area contributed by atoms with Gasteiger partial charge in [0.15, 0.2) is 23.6 Å². The van der Waals surface area contributed by atoms with Gasteiger partial charge in [-0.05, 0) is 84.3 Å². The standard InChI is InChI=1S/C69H71N7O19/c1-8-32-89-48-33-46(71-52(80)36-77)28-29-47(48)76-74-61(73-75-76)42-24-26-44(27-25-42)62(84)70-31-30-53(81)93-50-34-51-68(37-90-51,95-40(4)79)58-60(94-64(86)45-22-16-11-17-23-45)69(88)35-49(38(2)54(66(69,5)6)57(91-39(3)78)59(83)67(50,58)7)92-65(87)56(82)55(41-18-12-9-13-19-41)72-63(85)43-20-14-10-15-21-43/h8-29,33,49-51,55-58,60,77,82,88H,1,30-32,34-37H2,2-7H3,(H,70,84)(H,71,80)(H,72,85)/t49-,50-,51+,55-,56+,57+,58-,60-,67+,68-,69+/m0/s1. The molecule has 6 aromatic rings. The summed E-state index contributed by atoms with van der Waals surface area (Å²) in [6.07, 6.45) is -10.5. The molecule has 0 unspecified atom stereocenters. The maximum atomic E-state index is 16.5. The molecular weight excluding hydrogens is 1230 g/mol. The second-order valence-corrected chi connectivity index (χ2v) is 24.3. The van der Waals surface area contributed by atoms with Crippen LogP contribution < -0.4 is 20.7 Å². The first-order valence-corrected chi connectivity index (χ1v) is 30.5. The summed E-state index contributed by atoms with van der Waals surface area (Å²) in [5, 5.41) is 56.2. The zero-order valence-corrected chi connectivity index (χ0v) is 52.7. The smallest absolute Gasteiger partial charge is 0.338 e. The number of anilines is 1. The van der Waals surface area contributed by atoms with Gasteiger partial charge in [0.25, 0.3) is 11.8 Å². The van der Waals surface area contributed by atoms with E-state index < -0.39 is 150 Å². The Balaban J connectivity index is 0.954. The highest BCUT2D eigenvalue weighted by atomic mass is 16.6. The first-order chi connectivity index (χ1) is 45.3. The van der Waals surface area contributed by atoms with Gasteiger partial charge in [0.05, 0.1) is 36.0 Å². The van der Waals surface area contributed by atoms with Crippen LogP contribution in [-0.4, -0.2) is 163 Å². The number of aromatic nitrogens is 4. The summed E-state index contributed by atoms with van der Waals surface area (Å²) in [5.74, 6) is -9.29. The molecule has 0 radical (unpaired) electrons. The number of rotatable bonds is 22. The normalized spacial score (nSPS) is 24.5. The van der Waals surface area contributed by atoms with E-state index in [0.29, 0.717) is 22.5 Å². The molecule has 1 aromatic heterocycles. The summed E-state index contributed by atoms with van der Waals surface area (Å²) in [6.45, 7) is 10.4. The Morgan fingerprint density at radius 2 is 1.46 bits per heavy atom. The van der Waals surface area contributed by atoms with E-state index in [1.807, 2.05) is 0 Å². The molecule has 0 spiro atoms. The van der Waals surface area contributed by atoms with Crippen LogP contribution in [0.15, 0.2) is 157 Å². The second kappa shape index (κ2) is 27.7. The molecule has 1 saturated heterocycles. The first-order valence-electron chi connectivity index (χ1n) is 30.5. The SMILES string of the molecule is C=CCOc1cc(NC(=O)CO)ccc1-n1nnc(-c2ccc(C(=O)NCCC(=O)O[C@H]3C[C@H]4OC[C@@]4(OC(C)=O)[C@H]4[C@H](OC(=O)c5ccccc5)[C@]5(O)C[C@H](OC(=O)[C@H](O)[C@@H](NC(=O)c6ccccc6)c6ccccc6)C(C)=C([C@@H](OC(C)=O)C(=O)[C@]34C)C5(C)C)cc2)n1. The molecule has 2 saturated carbocycles. The van der Waals surface area contributed by atoms with E-state index >= 15 is 4.79 Å². The Bertz CT molecular complexity index is 3980. The highest BCUT2D eigenvalue weighted by molar-refractivity contribution is 5.97. The van der Waals surface area contributed by atoms with Crippen LogP contribution >= 0.6 is 0 Å². The van der Waals surface area contributed by atoms with Gasteiger partial charge >= 0.3 is 29.8 Å². The number of nitrogens with one attached hydrogen (secondary N) is 3. The summed E-state index contributed by atoms with van der Waals surface area (Å²) in [6, 6.07) is 33.2. The molecule has 5 aromatic carbocycles. The third-order valence-electron chi connectivity index (χ3n) is 18.1. The summed E-state index contributed by atoms with van der Waals surface area (Å²) in [5.41, 5.74) is -6.80. The average molecular weight is 1300 g/mol. The average Bonchev–Trinajstić information content (AvgIpc) is 1.19. The number of Topliss-reactive ketones (excluding diaryl/α,β-unsaturated/α-hetero) is 1. The fraction of sp³-hybridized carbons (Fsp3) is 0.362. The minimum atomic E-state index is -2.56. The Morgan fingerprint density at radius 3 is 2.08 bits per heavy atom. The summed E-state index contributed by atoms with van der Waals surface area (Å²) >= 11 is 0. The number of tetrazole rings is 1. The predicted molar refractivity (Wildman–Crippen MR) is 335 cm³/mol. The van der Waals surface area contributed by atoms with Crippen LogP contribution in [0.2, 0.25) is 0 Å². The number of hydrogen-bond acceptors (Lipinski definition) is 22. The van der Waals surface area contributed by atoms with Gasteiger partial charge in [0.1, 0.15) is 54.7 Å². The van der Waals surface area contributed by atoms with Crippen LogP contribution in [0.25, 0.3) is 17.1 Å². The van der Waals surface area contributed by atoms with Crippen LogP contribution in [0.1, 0.15) is 103 Å². The molecule has 496 valence electrons. The lowest BCUT2D eigenvalue weighted by Gasteiger charge is -2.67. The Morgan fingerprint density at radius 1 is 0.811 bits per heavy atom. The fourth-order valence-electron chi connectivity index (χ4n) is 13.4. The number of carbonyl (C=O) groups is 9. The number of nitrogens with zero attached hydrogens (tertiary/aromatic N) is 4. The van der Waals surface area contributed by atoms with Crippen LogP contribution in [0.3, 0.4) is 0 Å². The van der Waals surface area contributed by atoms with E-state index in [0.717, 1.165) is 13.8 Å². The van der Waals surface area contributed by atoms with E-state index in [1.54, 1.807) is 103 Å². The van der Waals surface area contributed by atoms with Crippen molar-refractivity contribution in [3.63, 3.8) is 0 Å². The van der Waals surface area contributed by atoms with Crippen molar-refractivity contribution in [3.8, 4) is 22.8 Å². The molecule has 11 atom stereocenters. The summed E-state index contributed by atoms with van der Waals surface area (Å²) < 4.78 is 43.4. The second-order valence-electron chi connectivity index (χ2n) is 24.3. The van der Waals surface area contributed by atoms with Crippen molar-refractivity contribution in [2.75, 3.05) is 31.7 Å². The fourth-order valence-corrected chi connectivity index (χ4v) is 13.4. The topological polar surface area (TPSA) is 359 Å². The number of fused-ring (bicyclic) bond motifs is 5. The van der Waals surface area contributed by atoms with E-state index in [-0.39, 0.29) is 59.0 Å². The molecule has 3 fully saturated rings. The van der Waals surface area contributed by atoms with Gasteiger partial charge < -0.3 is 64.4 Å². The zero-order chi connectivity index (χ0) is 68.1. The van der Waals surface area contributed by atoms with Crippen molar-refractivity contribution in [1.29, 1.82) is 0 Å². The largest absolute Gasteiger partial charge is 0.487 e. The molecule has 1 aliphatic heterocycles. The van der Waals surface area contributed by atoms with Gasteiger partial charge in [-0.2, -0.15) is 0 Å². The van der Waals surface area contributed by atoms with Crippen LogP contribution in [0.5, 0.6) is 5.75 Å². The van der Waals surface area contributed by atoms with Gasteiger partial charge in [-0.3, -0.25) is 33.6 Å². The number of ketones is 1. The monoisotopic (exact) mass is 1300 g/mol. The quantitative estimate of drug-likeness (QED) is 0.0287. The third kappa shape index (κ3) is 13.3. The zero-order valence-electron chi connectivity index (χ0n) is 52.7. The summed E-state index contributed by atoms with van der Waals surface area (Å²) in [4.78, 5) is 128. The number of benzene rings is 5.